The largest absolute Gasteiger partial charge is 0.326 e. The number of carbonyl (C=O) groups excluding carboxylic acids is 1. The summed E-state index contributed by atoms with van der Waals surface area (Å²) in [7, 11) is -0.576. The second-order valence-corrected chi connectivity index (χ2v) is 8.76. The van der Waals surface area contributed by atoms with Crippen molar-refractivity contribution in [2.24, 2.45) is 11.7 Å². The number of sulfonamides is 1. The monoisotopic (exact) mass is 375 g/mol. The number of rotatable bonds is 4. The number of amides is 1. The van der Waals surface area contributed by atoms with Crippen LogP contribution in [-0.4, -0.2) is 38.3 Å². The molecule has 6 nitrogen and oxygen atoms in total. The molecule has 8 heteroatoms. The summed E-state index contributed by atoms with van der Waals surface area (Å²) < 4.78 is 25.5. The van der Waals surface area contributed by atoms with Crippen LogP contribution in [0.1, 0.15) is 32.6 Å². The molecule has 1 saturated carbocycles. The fourth-order valence-electron chi connectivity index (χ4n) is 2.96. The number of hydrogen-bond donors (Lipinski definition) is 2. The van der Waals surface area contributed by atoms with Crippen LogP contribution in [0.15, 0.2) is 29.2 Å². The van der Waals surface area contributed by atoms with E-state index in [1.165, 1.54) is 26.2 Å². The normalized spacial score (nSPS) is 24.3. The Morgan fingerprint density at radius 1 is 1.33 bits per heavy atom. The van der Waals surface area contributed by atoms with Crippen LogP contribution in [0.4, 0.5) is 5.69 Å². The van der Waals surface area contributed by atoms with E-state index in [4.69, 9.17) is 5.73 Å². The summed E-state index contributed by atoms with van der Waals surface area (Å²) in [6.07, 6.45) is 3.60. The van der Waals surface area contributed by atoms with Gasteiger partial charge in [-0.15, -0.1) is 12.4 Å². The maximum Gasteiger partial charge on any atom is 0.242 e. The fourth-order valence-corrected chi connectivity index (χ4v) is 3.91. The molecule has 1 fully saturated rings. The Labute approximate surface area is 150 Å². The Hall–Kier alpha value is -1.15. The minimum absolute atomic E-state index is 0. The topological polar surface area (TPSA) is 92.5 Å². The molecule has 1 aliphatic rings. The van der Waals surface area contributed by atoms with Gasteiger partial charge in [-0.3, -0.25) is 4.79 Å². The predicted molar refractivity (Wildman–Crippen MR) is 97.7 cm³/mol. The van der Waals surface area contributed by atoms with Gasteiger partial charge in [-0.05, 0) is 38.0 Å². The average Bonchev–Trinajstić information content (AvgIpc) is 2.46. The quantitative estimate of drug-likeness (QED) is 0.843. The summed E-state index contributed by atoms with van der Waals surface area (Å²) in [5.74, 6) is -0.403. The van der Waals surface area contributed by atoms with Gasteiger partial charge in [0.25, 0.3) is 0 Å². The van der Waals surface area contributed by atoms with Gasteiger partial charge in [-0.25, -0.2) is 12.7 Å². The smallest absolute Gasteiger partial charge is 0.242 e. The van der Waals surface area contributed by atoms with Crippen LogP contribution in [-0.2, 0) is 14.8 Å². The number of nitrogens with zero attached hydrogens (tertiary/aromatic N) is 1. The molecule has 1 aromatic carbocycles. The maximum absolute atomic E-state index is 12.5. The third-order valence-electron chi connectivity index (χ3n) is 4.45. The zero-order chi connectivity index (χ0) is 17.3. The molecule has 3 N–H and O–H groups in total. The molecular weight excluding hydrogens is 350 g/mol. The van der Waals surface area contributed by atoms with Crippen LogP contribution in [0.2, 0.25) is 0 Å². The number of nitrogens with one attached hydrogen (secondary N) is 1. The van der Waals surface area contributed by atoms with E-state index < -0.39 is 15.6 Å². The molecule has 0 bridgehead atoms. The average molecular weight is 376 g/mol. The first-order chi connectivity index (χ1) is 10.6. The van der Waals surface area contributed by atoms with Crippen molar-refractivity contribution in [2.45, 2.75) is 43.0 Å². The summed E-state index contributed by atoms with van der Waals surface area (Å²) in [5, 5.41) is 2.82. The Balaban J connectivity index is 0.00000288. The molecule has 24 heavy (non-hydrogen) atoms. The SMILES string of the molecule is CN(C)S(=O)(=O)c1cccc(NC(=O)C2CCCCC2(C)N)c1.Cl. The standard InChI is InChI=1S/C16H25N3O3S.ClH/c1-16(17)10-5-4-9-14(16)15(20)18-12-7-6-8-13(11-12)23(21,22)19(2)3;/h6-8,11,14H,4-5,9-10,17H2,1-3H3,(H,18,20);1H. The summed E-state index contributed by atoms with van der Waals surface area (Å²) >= 11 is 0. The van der Waals surface area contributed by atoms with Crippen LogP contribution in [0.3, 0.4) is 0 Å². The summed E-state index contributed by atoms with van der Waals surface area (Å²) in [6, 6.07) is 6.29. The molecular formula is C16H26ClN3O3S. The maximum atomic E-state index is 12.5. The number of benzene rings is 1. The molecule has 0 heterocycles. The van der Waals surface area contributed by atoms with Crippen LogP contribution in [0.5, 0.6) is 0 Å². The lowest BCUT2D eigenvalue weighted by atomic mass is 9.74. The van der Waals surface area contributed by atoms with E-state index in [1.807, 2.05) is 6.92 Å². The molecule has 136 valence electrons. The van der Waals surface area contributed by atoms with Crippen molar-refractivity contribution in [1.82, 2.24) is 4.31 Å². The second kappa shape index (κ2) is 7.82. The zero-order valence-corrected chi connectivity index (χ0v) is 15.9. The van der Waals surface area contributed by atoms with Gasteiger partial charge in [0.05, 0.1) is 10.8 Å². The molecule has 1 aromatic rings. The number of carbonyl (C=O) groups is 1. The van der Waals surface area contributed by atoms with Crippen molar-refractivity contribution in [3.05, 3.63) is 24.3 Å². The van der Waals surface area contributed by atoms with E-state index in [1.54, 1.807) is 12.1 Å². The van der Waals surface area contributed by atoms with Crippen LogP contribution < -0.4 is 11.1 Å². The highest BCUT2D eigenvalue weighted by Crippen LogP contribution is 2.32. The van der Waals surface area contributed by atoms with Gasteiger partial charge in [-0.2, -0.15) is 0 Å². The summed E-state index contributed by atoms with van der Waals surface area (Å²) in [5.41, 5.74) is 6.21. The van der Waals surface area contributed by atoms with Crippen molar-refractivity contribution in [1.29, 1.82) is 0 Å². The zero-order valence-electron chi connectivity index (χ0n) is 14.3. The van der Waals surface area contributed by atoms with Gasteiger partial charge in [0, 0.05) is 25.3 Å². The Kier molecular flexibility index (Phi) is 6.81. The lowest BCUT2D eigenvalue weighted by Crippen LogP contribution is -2.51. The van der Waals surface area contributed by atoms with E-state index in [0.717, 1.165) is 30.0 Å². The lowest BCUT2D eigenvalue weighted by molar-refractivity contribution is -0.122. The van der Waals surface area contributed by atoms with Gasteiger partial charge < -0.3 is 11.1 Å². The molecule has 0 aliphatic heterocycles. The van der Waals surface area contributed by atoms with Crippen LogP contribution >= 0.6 is 12.4 Å². The minimum atomic E-state index is -3.53. The van der Waals surface area contributed by atoms with E-state index in [0.29, 0.717) is 5.69 Å². The third-order valence-corrected chi connectivity index (χ3v) is 6.26. The number of halogens is 1. The Bertz CT molecular complexity index is 690. The molecule has 0 radical (unpaired) electrons. The number of hydrogen-bond acceptors (Lipinski definition) is 4. The first kappa shape index (κ1) is 20.9. The van der Waals surface area contributed by atoms with Gasteiger partial charge >= 0.3 is 0 Å². The molecule has 0 aromatic heterocycles. The highest BCUT2D eigenvalue weighted by molar-refractivity contribution is 7.89. The number of nitrogens with two attached hydrogens (primary N) is 1. The first-order valence-electron chi connectivity index (χ1n) is 7.77. The highest BCUT2D eigenvalue weighted by atomic mass is 35.5. The molecule has 2 atom stereocenters. The number of anilines is 1. The Morgan fingerprint density at radius 3 is 2.58 bits per heavy atom. The van der Waals surface area contributed by atoms with Gasteiger partial charge in [-0.1, -0.05) is 18.9 Å². The summed E-state index contributed by atoms with van der Waals surface area (Å²) in [4.78, 5) is 12.7. The molecule has 1 aliphatic carbocycles. The molecule has 2 unspecified atom stereocenters. The molecule has 2 rings (SSSR count). The van der Waals surface area contributed by atoms with Crippen LogP contribution in [0.25, 0.3) is 0 Å². The van der Waals surface area contributed by atoms with E-state index in [2.05, 4.69) is 5.32 Å². The van der Waals surface area contributed by atoms with Crippen LogP contribution in [0, 0.1) is 5.92 Å². The lowest BCUT2D eigenvalue weighted by Gasteiger charge is -2.37. The van der Waals surface area contributed by atoms with E-state index >= 15 is 0 Å². The second-order valence-electron chi connectivity index (χ2n) is 6.61. The summed E-state index contributed by atoms with van der Waals surface area (Å²) in [6.45, 7) is 1.91. The molecule has 0 spiro atoms. The first-order valence-corrected chi connectivity index (χ1v) is 9.21. The molecule has 0 saturated heterocycles. The van der Waals surface area contributed by atoms with Crippen molar-refractivity contribution in [2.75, 3.05) is 19.4 Å². The predicted octanol–water partition coefficient (Wildman–Crippen LogP) is 2.20. The fraction of sp³-hybridized carbons (Fsp3) is 0.562. The molecule has 1 amide bonds. The van der Waals surface area contributed by atoms with Crippen molar-refractivity contribution >= 4 is 34.0 Å². The van der Waals surface area contributed by atoms with Gasteiger partial charge in [0.2, 0.25) is 15.9 Å². The third kappa shape index (κ3) is 4.47. The van der Waals surface area contributed by atoms with Gasteiger partial charge in [0.1, 0.15) is 0 Å². The minimum Gasteiger partial charge on any atom is -0.326 e. The van der Waals surface area contributed by atoms with E-state index in [9.17, 15) is 13.2 Å². The van der Waals surface area contributed by atoms with Crippen molar-refractivity contribution in [3.8, 4) is 0 Å². The highest BCUT2D eigenvalue weighted by Gasteiger charge is 2.37. The van der Waals surface area contributed by atoms with Crippen molar-refractivity contribution < 1.29 is 13.2 Å². The van der Waals surface area contributed by atoms with Crippen molar-refractivity contribution in [3.63, 3.8) is 0 Å². The Morgan fingerprint density at radius 2 is 2.00 bits per heavy atom. The van der Waals surface area contributed by atoms with Gasteiger partial charge in [0.15, 0.2) is 0 Å². The van der Waals surface area contributed by atoms with E-state index in [-0.39, 0.29) is 29.1 Å².